The first-order chi connectivity index (χ1) is 13.5. The van der Waals surface area contributed by atoms with E-state index in [9.17, 15) is 9.59 Å². The maximum absolute atomic E-state index is 12.3. The summed E-state index contributed by atoms with van der Waals surface area (Å²) in [6.45, 7) is 0. The van der Waals surface area contributed by atoms with E-state index >= 15 is 0 Å². The third-order valence-corrected chi connectivity index (χ3v) is 3.94. The molecule has 9 heteroatoms. The summed E-state index contributed by atoms with van der Waals surface area (Å²) in [6, 6.07) is 11.1. The van der Waals surface area contributed by atoms with Crippen molar-refractivity contribution in [1.82, 2.24) is 15.4 Å². The molecule has 0 radical (unpaired) electrons. The molecule has 3 aromatic rings. The van der Waals surface area contributed by atoms with Crippen molar-refractivity contribution in [2.45, 2.75) is 0 Å². The Morgan fingerprint density at radius 2 is 1.96 bits per heavy atom. The second-order valence-electron chi connectivity index (χ2n) is 5.38. The smallest absolute Gasteiger partial charge is 0.345 e. The summed E-state index contributed by atoms with van der Waals surface area (Å²) >= 11 is 11.8. The van der Waals surface area contributed by atoms with Crippen LogP contribution in [0.15, 0.2) is 66.2 Å². The van der Waals surface area contributed by atoms with Crippen molar-refractivity contribution < 1.29 is 14.3 Å². The molecule has 1 N–H and O–H groups in total. The van der Waals surface area contributed by atoms with Crippen LogP contribution in [0.25, 0.3) is 0 Å². The molecule has 0 unspecified atom stereocenters. The molecule has 140 valence electrons. The van der Waals surface area contributed by atoms with Crippen LogP contribution in [0.1, 0.15) is 26.4 Å². The minimum atomic E-state index is -0.619. The first-order valence-corrected chi connectivity index (χ1v) is 8.65. The quantitative estimate of drug-likeness (QED) is 0.296. The number of halogens is 2. The Balaban J connectivity index is 1.65. The van der Waals surface area contributed by atoms with Gasteiger partial charge in [0.2, 0.25) is 0 Å². The monoisotopic (exact) mass is 414 g/mol. The molecule has 0 aliphatic heterocycles. The number of aromatic nitrogens is 2. The number of carbonyl (C=O) groups is 2. The van der Waals surface area contributed by atoms with Gasteiger partial charge in [-0.2, -0.15) is 5.10 Å². The zero-order valence-electron chi connectivity index (χ0n) is 14.2. The molecular formula is C19H12Cl2N4O3. The van der Waals surface area contributed by atoms with Crippen molar-refractivity contribution in [3.05, 3.63) is 87.9 Å². The van der Waals surface area contributed by atoms with E-state index in [4.69, 9.17) is 27.9 Å². The number of ether oxygens (including phenoxy) is 1. The fraction of sp³-hybridized carbons (Fsp3) is 0. The van der Waals surface area contributed by atoms with Crippen molar-refractivity contribution in [3.8, 4) is 5.75 Å². The lowest BCUT2D eigenvalue weighted by Gasteiger charge is -2.06. The van der Waals surface area contributed by atoms with Crippen LogP contribution >= 0.6 is 23.2 Å². The lowest BCUT2D eigenvalue weighted by molar-refractivity contribution is 0.0734. The van der Waals surface area contributed by atoms with Crippen molar-refractivity contribution in [2.24, 2.45) is 5.10 Å². The van der Waals surface area contributed by atoms with Gasteiger partial charge in [-0.1, -0.05) is 35.3 Å². The Kier molecular flexibility index (Phi) is 6.31. The summed E-state index contributed by atoms with van der Waals surface area (Å²) in [5, 5.41) is 4.47. The van der Waals surface area contributed by atoms with Gasteiger partial charge in [0.05, 0.1) is 23.0 Å². The molecule has 7 nitrogen and oxygen atoms in total. The Bertz CT molecular complexity index is 1040. The maximum Gasteiger partial charge on any atom is 0.345 e. The number of hydrogen-bond donors (Lipinski definition) is 1. The van der Waals surface area contributed by atoms with E-state index in [-0.39, 0.29) is 16.3 Å². The summed E-state index contributed by atoms with van der Waals surface area (Å²) in [6.07, 6.45) is 5.60. The largest absolute Gasteiger partial charge is 0.423 e. The number of nitrogens with one attached hydrogen (secondary N) is 1. The number of carbonyl (C=O) groups excluding carboxylic acids is 2. The van der Waals surface area contributed by atoms with Gasteiger partial charge >= 0.3 is 5.97 Å². The number of amides is 1. The number of hydrogen-bond acceptors (Lipinski definition) is 6. The van der Waals surface area contributed by atoms with Crippen LogP contribution in [0, 0.1) is 0 Å². The first-order valence-electron chi connectivity index (χ1n) is 7.89. The normalized spacial score (nSPS) is 10.6. The van der Waals surface area contributed by atoms with Crippen molar-refractivity contribution in [1.29, 1.82) is 0 Å². The number of benzene rings is 2. The van der Waals surface area contributed by atoms with Gasteiger partial charge in [0.25, 0.3) is 5.91 Å². The average Bonchev–Trinajstić information content (AvgIpc) is 2.68. The molecule has 0 saturated heterocycles. The predicted octanol–water partition coefficient (Wildman–Crippen LogP) is 3.77. The number of nitrogens with zero attached hydrogens (tertiary/aromatic N) is 3. The van der Waals surface area contributed by atoms with Crippen LogP contribution in [-0.2, 0) is 0 Å². The van der Waals surface area contributed by atoms with Crippen molar-refractivity contribution in [3.63, 3.8) is 0 Å². The standard InChI is InChI=1S/C19H12Cl2N4O3/c20-13-4-5-15(16(21)9-13)19(27)28-14-3-1-2-12(8-14)10-24-25-18(26)17-11-22-6-7-23-17/h1-11H,(H,25,26)/b24-10-. The molecule has 0 bridgehead atoms. The average molecular weight is 415 g/mol. The van der Waals surface area contributed by atoms with Crippen LogP contribution in [0.2, 0.25) is 10.0 Å². The summed E-state index contributed by atoms with van der Waals surface area (Å²) < 4.78 is 5.32. The van der Waals surface area contributed by atoms with E-state index in [1.54, 1.807) is 30.3 Å². The molecular weight excluding hydrogens is 403 g/mol. The van der Waals surface area contributed by atoms with Gasteiger partial charge in [-0.3, -0.25) is 9.78 Å². The molecule has 1 heterocycles. The molecule has 1 amide bonds. The summed E-state index contributed by atoms with van der Waals surface area (Å²) in [7, 11) is 0. The molecule has 0 saturated carbocycles. The van der Waals surface area contributed by atoms with E-state index in [1.165, 1.54) is 36.9 Å². The van der Waals surface area contributed by atoms with Crippen molar-refractivity contribution in [2.75, 3.05) is 0 Å². The Hall–Kier alpha value is -3.29. The molecule has 1 aromatic heterocycles. The minimum absolute atomic E-state index is 0.141. The SMILES string of the molecule is O=C(N/N=C\c1cccc(OC(=O)c2ccc(Cl)cc2Cl)c1)c1cnccn1. The van der Waals surface area contributed by atoms with E-state index < -0.39 is 11.9 Å². The maximum atomic E-state index is 12.3. The summed E-state index contributed by atoms with van der Waals surface area (Å²) in [5.41, 5.74) is 3.28. The van der Waals surface area contributed by atoms with Crippen LogP contribution in [0.5, 0.6) is 5.75 Å². The third-order valence-electron chi connectivity index (χ3n) is 3.40. The molecule has 0 aliphatic rings. The Morgan fingerprint density at radius 3 is 2.71 bits per heavy atom. The van der Waals surface area contributed by atoms with Crippen LogP contribution in [0.4, 0.5) is 0 Å². The van der Waals surface area contributed by atoms with Crippen LogP contribution < -0.4 is 10.2 Å². The highest BCUT2D eigenvalue weighted by Crippen LogP contribution is 2.23. The topological polar surface area (TPSA) is 93.5 Å². The summed E-state index contributed by atoms with van der Waals surface area (Å²) in [4.78, 5) is 31.8. The highest BCUT2D eigenvalue weighted by atomic mass is 35.5. The molecule has 3 rings (SSSR count). The van der Waals surface area contributed by atoms with E-state index in [2.05, 4.69) is 20.5 Å². The number of rotatable bonds is 5. The lowest BCUT2D eigenvalue weighted by atomic mass is 10.2. The predicted molar refractivity (Wildman–Crippen MR) is 105 cm³/mol. The Morgan fingerprint density at radius 1 is 1.11 bits per heavy atom. The number of hydrazone groups is 1. The fourth-order valence-corrected chi connectivity index (χ4v) is 2.60. The van der Waals surface area contributed by atoms with Crippen LogP contribution in [-0.4, -0.2) is 28.1 Å². The van der Waals surface area contributed by atoms with E-state index in [0.29, 0.717) is 16.3 Å². The number of esters is 1. The molecule has 28 heavy (non-hydrogen) atoms. The van der Waals surface area contributed by atoms with Gasteiger partial charge in [-0.05, 0) is 35.9 Å². The fourth-order valence-electron chi connectivity index (χ4n) is 2.11. The Labute approximate surface area is 170 Å². The summed E-state index contributed by atoms with van der Waals surface area (Å²) in [5.74, 6) is -0.823. The van der Waals surface area contributed by atoms with Gasteiger partial charge in [-0.25, -0.2) is 15.2 Å². The molecule has 0 atom stereocenters. The van der Waals surface area contributed by atoms with Crippen molar-refractivity contribution >= 4 is 41.3 Å². The second kappa shape index (κ2) is 9.07. The zero-order chi connectivity index (χ0) is 19.9. The molecule has 0 fully saturated rings. The minimum Gasteiger partial charge on any atom is -0.423 e. The van der Waals surface area contributed by atoms with Gasteiger partial charge in [0.15, 0.2) is 0 Å². The second-order valence-corrected chi connectivity index (χ2v) is 6.22. The highest BCUT2D eigenvalue weighted by molar-refractivity contribution is 6.36. The van der Waals surface area contributed by atoms with Gasteiger partial charge < -0.3 is 4.74 Å². The zero-order valence-corrected chi connectivity index (χ0v) is 15.7. The van der Waals surface area contributed by atoms with E-state index in [1.807, 2.05) is 0 Å². The lowest BCUT2D eigenvalue weighted by Crippen LogP contribution is -2.19. The molecule has 0 spiro atoms. The van der Waals surface area contributed by atoms with Gasteiger partial charge in [-0.15, -0.1) is 0 Å². The first kappa shape index (κ1) is 19.5. The highest BCUT2D eigenvalue weighted by Gasteiger charge is 2.13. The third kappa shape index (κ3) is 5.12. The van der Waals surface area contributed by atoms with Crippen LogP contribution in [0.3, 0.4) is 0 Å². The van der Waals surface area contributed by atoms with Gasteiger partial charge in [0, 0.05) is 17.4 Å². The van der Waals surface area contributed by atoms with Gasteiger partial charge in [0.1, 0.15) is 11.4 Å². The molecule has 2 aromatic carbocycles. The molecule has 0 aliphatic carbocycles. The van der Waals surface area contributed by atoms with E-state index in [0.717, 1.165) is 0 Å².